The molecule has 1 heterocycles. The highest BCUT2D eigenvalue weighted by molar-refractivity contribution is 7.89. The van der Waals surface area contributed by atoms with Crippen molar-refractivity contribution >= 4 is 21.8 Å². The zero-order valence-electron chi connectivity index (χ0n) is 18.3. The Bertz CT molecular complexity index is 1070. The summed E-state index contributed by atoms with van der Waals surface area (Å²) >= 11 is 0. The molecule has 2 aromatic rings. The fraction of sp³-hybridized carbons (Fsp3) is 0.391. The van der Waals surface area contributed by atoms with E-state index in [0.717, 1.165) is 30.2 Å². The van der Waals surface area contributed by atoms with Crippen molar-refractivity contribution in [1.29, 1.82) is 0 Å². The maximum Gasteiger partial charge on any atom is 0.254 e. The lowest BCUT2D eigenvalue weighted by Crippen LogP contribution is -2.39. The second kappa shape index (κ2) is 10.2. The van der Waals surface area contributed by atoms with Crippen LogP contribution in [0.15, 0.2) is 53.4 Å². The molecule has 1 aliphatic rings. The lowest BCUT2D eigenvalue weighted by molar-refractivity contribution is -0.128. The molecule has 32 heavy (non-hydrogen) atoms. The standard InChI is InChI=1S/C23H28FN3O4S/c1-3-27(4-2)32(30,31)18-12-13-20(24)19(15-18)23(29)25-21(17-9-6-5-7-10-17)16-26-14-8-11-22(26)28/h5-7,9-10,12-13,15,21H,3-4,8,11,14,16H2,1-2H3,(H,25,29). The molecule has 0 saturated carbocycles. The van der Waals surface area contributed by atoms with Crippen LogP contribution in [0, 0.1) is 5.82 Å². The Balaban J connectivity index is 1.90. The van der Waals surface area contributed by atoms with Gasteiger partial charge in [-0.1, -0.05) is 44.2 Å². The molecule has 172 valence electrons. The van der Waals surface area contributed by atoms with E-state index in [-0.39, 0.29) is 36.0 Å². The predicted molar refractivity (Wildman–Crippen MR) is 119 cm³/mol. The van der Waals surface area contributed by atoms with Crippen LogP contribution >= 0.6 is 0 Å². The Morgan fingerprint density at radius 1 is 1.16 bits per heavy atom. The molecule has 3 rings (SSSR count). The lowest BCUT2D eigenvalue weighted by atomic mass is 10.1. The first-order valence-electron chi connectivity index (χ1n) is 10.7. The highest BCUT2D eigenvalue weighted by Gasteiger charge is 2.28. The van der Waals surface area contributed by atoms with Crippen molar-refractivity contribution in [2.45, 2.75) is 37.6 Å². The molecule has 0 aromatic heterocycles. The molecule has 1 N–H and O–H groups in total. The van der Waals surface area contributed by atoms with Crippen LogP contribution < -0.4 is 5.32 Å². The molecular formula is C23H28FN3O4S. The minimum Gasteiger partial charge on any atom is -0.343 e. The summed E-state index contributed by atoms with van der Waals surface area (Å²) in [7, 11) is -3.85. The number of hydrogen-bond acceptors (Lipinski definition) is 4. The molecule has 1 atom stereocenters. The molecule has 0 radical (unpaired) electrons. The van der Waals surface area contributed by atoms with Crippen molar-refractivity contribution in [3.8, 4) is 0 Å². The first kappa shape index (κ1) is 23.9. The molecule has 1 fully saturated rings. The number of rotatable bonds is 9. The molecule has 0 bridgehead atoms. The third-order valence-electron chi connectivity index (χ3n) is 5.61. The zero-order chi connectivity index (χ0) is 23.3. The Morgan fingerprint density at radius 2 is 1.84 bits per heavy atom. The van der Waals surface area contributed by atoms with Crippen LogP contribution in [0.5, 0.6) is 0 Å². The van der Waals surface area contributed by atoms with Gasteiger partial charge in [0.2, 0.25) is 15.9 Å². The highest BCUT2D eigenvalue weighted by Crippen LogP contribution is 2.22. The van der Waals surface area contributed by atoms with Crippen molar-refractivity contribution in [2.75, 3.05) is 26.2 Å². The first-order valence-corrected chi connectivity index (χ1v) is 12.1. The smallest absolute Gasteiger partial charge is 0.254 e. The van der Waals surface area contributed by atoms with Crippen molar-refractivity contribution in [1.82, 2.24) is 14.5 Å². The fourth-order valence-electron chi connectivity index (χ4n) is 3.82. The topological polar surface area (TPSA) is 86.8 Å². The monoisotopic (exact) mass is 461 g/mol. The average Bonchev–Trinajstić information content (AvgIpc) is 3.19. The number of sulfonamides is 1. The van der Waals surface area contributed by atoms with E-state index in [1.165, 1.54) is 4.31 Å². The summed E-state index contributed by atoms with van der Waals surface area (Å²) in [5, 5.41) is 2.79. The summed E-state index contributed by atoms with van der Waals surface area (Å²) in [6.45, 7) is 4.80. The van der Waals surface area contributed by atoms with Crippen LogP contribution in [-0.2, 0) is 14.8 Å². The number of benzene rings is 2. The van der Waals surface area contributed by atoms with Crippen LogP contribution in [0.1, 0.15) is 48.7 Å². The third kappa shape index (κ3) is 5.16. The molecular weight excluding hydrogens is 433 g/mol. The number of halogens is 1. The minimum absolute atomic E-state index is 0.0127. The highest BCUT2D eigenvalue weighted by atomic mass is 32.2. The lowest BCUT2D eigenvalue weighted by Gasteiger charge is -2.25. The van der Waals surface area contributed by atoms with E-state index in [9.17, 15) is 22.4 Å². The quantitative estimate of drug-likeness (QED) is 0.622. The van der Waals surface area contributed by atoms with Crippen LogP contribution in [0.3, 0.4) is 0 Å². The van der Waals surface area contributed by atoms with Crippen LogP contribution in [0.25, 0.3) is 0 Å². The maximum atomic E-state index is 14.6. The Hall–Kier alpha value is -2.78. The largest absolute Gasteiger partial charge is 0.343 e. The van der Waals surface area contributed by atoms with Crippen molar-refractivity contribution < 1.29 is 22.4 Å². The molecule has 1 aliphatic heterocycles. The van der Waals surface area contributed by atoms with Gasteiger partial charge >= 0.3 is 0 Å². The van der Waals surface area contributed by atoms with Gasteiger partial charge in [0, 0.05) is 32.6 Å². The van der Waals surface area contributed by atoms with E-state index in [0.29, 0.717) is 13.0 Å². The van der Waals surface area contributed by atoms with Crippen LogP contribution in [0.2, 0.25) is 0 Å². The van der Waals surface area contributed by atoms with Crippen LogP contribution in [0.4, 0.5) is 4.39 Å². The molecule has 0 spiro atoms. The molecule has 9 heteroatoms. The number of hydrogen-bond donors (Lipinski definition) is 1. The van der Waals surface area contributed by atoms with Gasteiger partial charge in [-0.2, -0.15) is 4.31 Å². The van der Waals surface area contributed by atoms with E-state index in [4.69, 9.17) is 0 Å². The second-order valence-corrected chi connectivity index (χ2v) is 9.55. The summed E-state index contributed by atoms with van der Waals surface area (Å²) in [6.07, 6.45) is 1.23. The summed E-state index contributed by atoms with van der Waals surface area (Å²) in [4.78, 5) is 26.7. The average molecular weight is 462 g/mol. The second-order valence-electron chi connectivity index (χ2n) is 7.61. The van der Waals surface area contributed by atoms with Crippen molar-refractivity contribution in [3.05, 3.63) is 65.5 Å². The SMILES string of the molecule is CCN(CC)S(=O)(=O)c1ccc(F)c(C(=O)NC(CN2CCCC2=O)c2ccccc2)c1. The van der Waals surface area contributed by atoms with E-state index in [2.05, 4.69) is 5.32 Å². The first-order chi connectivity index (χ1) is 15.3. The van der Waals surface area contributed by atoms with Gasteiger partial charge in [-0.15, -0.1) is 0 Å². The molecule has 1 saturated heterocycles. The number of carbonyl (C=O) groups is 2. The van der Waals surface area contributed by atoms with Crippen molar-refractivity contribution in [3.63, 3.8) is 0 Å². The van der Waals surface area contributed by atoms with Gasteiger partial charge in [-0.05, 0) is 30.2 Å². The molecule has 7 nitrogen and oxygen atoms in total. The Morgan fingerprint density at radius 3 is 2.44 bits per heavy atom. The van der Waals surface area contributed by atoms with Gasteiger partial charge in [-0.25, -0.2) is 12.8 Å². The summed E-state index contributed by atoms with van der Waals surface area (Å²) in [6, 6.07) is 11.8. The summed E-state index contributed by atoms with van der Waals surface area (Å²) in [5.41, 5.74) is 0.416. The summed E-state index contributed by atoms with van der Waals surface area (Å²) in [5.74, 6) is -1.54. The van der Waals surface area contributed by atoms with E-state index >= 15 is 0 Å². The molecule has 2 aromatic carbocycles. The number of nitrogens with zero attached hydrogens (tertiary/aromatic N) is 2. The zero-order valence-corrected chi connectivity index (χ0v) is 19.1. The van der Waals surface area contributed by atoms with E-state index < -0.39 is 27.8 Å². The number of carbonyl (C=O) groups excluding carboxylic acids is 2. The molecule has 1 unspecified atom stereocenters. The molecule has 0 aliphatic carbocycles. The Labute approximate surface area is 188 Å². The predicted octanol–water partition coefficient (Wildman–Crippen LogP) is 2.95. The molecule has 2 amide bonds. The van der Waals surface area contributed by atoms with Gasteiger partial charge in [0.25, 0.3) is 5.91 Å². The van der Waals surface area contributed by atoms with E-state index in [1.54, 1.807) is 18.7 Å². The maximum absolute atomic E-state index is 14.6. The van der Waals surface area contributed by atoms with Crippen LogP contribution in [-0.4, -0.2) is 55.6 Å². The number of likely N-dealkylation sites (tertiary alicyclic amines) is 1. The van der Waals surface area contributed by atoms with Gasteiger partial charge in [-0.3, -0.25) is 9.59 Å². The summed E-state index contributed by atoms with van der Waals surface area (Å²) < 4.78 is 41.4. The van der Waals surface area contributed by atoms with Gasteiger partial charge < -0.3 is 10.2 Å². The fourth-order valence-corrected chi connectivity index (χ4v) is 5.31. The Kier molecular flexibility index (Phi) is 7.63. The minimum atomic E-state index is -3.85. The third-order valence-corrected chi connectivity index (χ3v) is 7.65. The number of amides is 2. The normalized spacial score (nSPS) is 15.2. The van der Waals surface area contributed by atoms with E-state index in [1.807, 2.05) is 30.3 Å². The van der Waals surface area contributed by atoms with Gasteiger partial charge in [0.05, 0.1) is 16.5 Å². The van der Waals surface area contributed by atoms with Crippen molar-refractivity contribution in [2.24, 2.45) is 0 Å². The number of nitrogens with one attached hydrogen (secondary N) is 1. The van der Waals surface area contributed by atoms with Gasteiger partial charge in [0.15, 0.2) is 0 Å². The van der Waals surface area contributed by atoms with Gasteiger partial charge in [0.1, 0.15) is 5.82 Å².